The number of hydrogen-bond donors (Lipinski definition) is 0. The highest BCUT2D eigenvalue weighted by molar-refractivity contribution is 7.98. The van der Waals surface area contributed by atoms with Crippen LogP contribution < -0.4 is 14.9 Å². The van der Waals surface area contributed by atoms with Crippen molar-refractivity contribution >= 4 is 52.0 Å². The number of para-hydroxylation sites is 1. The predicted molar refractivity (Wildman–Crippen MR) is 171 cm³/mol. The molecule has 2 aromatic heterocycles. The van der Waals surface area contributed by atoms with Crippen LogP contribution in [0.2, 0.25) is 0 Å². The minimum atomic E-state index is -0.667. The van der Waals surface area contributed by atoms with Crippen molar-refractivity contribution in [1.29, 1.82) is 0 Å². The van der Waals surface area contributed by atoms with E-state index in [0.717, 1.165) is 52.9 Å². The van der Waals surface area contributed by atoms with Gasteiger partial charge in [0, 0.05) is 40.6 Å². The molecule has 4 heterocycles. The van der Waals surface area contributed by atoms with Gasteiger partial charge in [-0.15, -0.1) is 11.8 Å². The molecule has 1 amide bonds. The summed E-state index contributed by atoms with van der Waals surface area (Å²) in [5.41, 5.74) is 3.28. The molecule has 0 saturated carbocycles. The van der Waals surface area contributed by atoms with Gasteiger partial charge in [-0.2, -0.15) is 0 Å². The summed E-state index contributed by atoms with van der Waals surface area (Å²) in [4.78, 5) is 48.8. The molecule has 6 rings (SSSR count). The van der Waals surface area contributed by atoms with Gasteiger partial charge in [-0.1, -0.05) is 41.7 Å². The Balaban J connectivity index is 1.47. The van der Waals surface area contributed by atoms with Gasteiger partial charge in [-0.05, 0) is 69.7 Å². The van der Waals surface area contributed by atoms with Crippen LogP contribution in [-0.4, -0.2) is 51.4 Å². The monoisotopic (exact) mass is 614 g/mol. The van der Waals surface area contributed by atoms with Crippen LogP contribution in [0.3, 0.4) is 0 Å². The fourth-order valence-electron chi connectivity index (χ4n) is 5.84. The lowest BCUT2D eigenvalue weighted by molar-refractivity contribution is -0.143. The van der Waals surface area contributed by atoms with Crippen LogP contribution in [0.5, 0.6) is 0 Å². The molecule has 1 atom stereocenters. The number of hydrogen-bond acceptors (Lipinski definition) is 7. The summed E-state index contributed by atoms with van der Waals surface area (Å²) in [5, 5.41) is 0.962. The van der Waals surface area contributed by atoms with Gasteiger partial charge in [0.25, 0.3) is 5.56 Å². The summed E-state index contributed by atoms with van der Waals surface area (Å²) in [6.45, 7) is 7.27. The SMILES string of the molecule is CSc1ccc([C@@H]2C(C(=O)OC(C)C)=C(C)N=c3s/c(=C\c4cn(CC(=O)N5CCCC5)c5ccccc45)c(=O)n32)cc1. The van der Waals surface area contributed by atoms with Crippen LogP contribution in [0, 0.1) is 0 Å². The first-order valence-corrected chi connectivity index (χ1v) is 16.5. The lowest BCUT2D eigenvalue weighted by Crippen LogP contribution is -2.40. The van der Waals surface area contributed by atoms with Crippen molar-refractivity contribution < 1.29 is 14.3 Å². The number of ether oxygens (including phenoxy) is 1. The molecule has 8 nitrogen and oxygen atoms in total. The fraction of sp³-hybridized carbons (Fsp3) is 0.333. The molecule has 0 radical (unpaired) electrons. The van der Waals surface area contributed by atoms with Gasteiger partial charge in [-0.25, -0.2) is 9.79 Å². The van der Waals surface area contributed by atoms with Gasteiger partial charge < -0.3 is 14.2 Å². The number of rotatable bonds is 7. The van der Waals surface area contributed by atoms with Gasteiger partial charge in [0.1, 0.15) is 6.54 Å². The second kappa shape index (κ2) is 12.0. The molecule has 0 spiro atoms. The third kappa shape index (κ3) is 5.61. The Morgan fingerprint density at radius 3 is 2.53 bits per heavy atom. The normalized spacial score (nSPS) is 17.1. The molecule has 2 aliphatic rings. The van der Waals surface area contributed by atoms with Crippen LogP contribution in [0.4, 0.5) is 0 Å². The first-order valence-electron chi connectivity index (χ1n) is 14.5. The van der Waals surface area contributed by atoms with E-state index in [-0.39, 0.29) is 24.1 Å². The summed E-state index contributed by atoms with van der Waals surface area (Å²) in [6, 6.07) is 15.2. The second-order valence-corrected chi connectivity index (χ2v) is 13.0. The number of thiazole rings is 1. The van der Waals surface area contributed by atoms with E-state index in [1.807, 2.05) is 76.5 Å². The van der Waals surface area contributed by atoms with Crippen LogP contribution in [0.1, 0.15) is 50.8 Å². The molecule has 0 aliphatic carbocycles. The topological polar surface area (TPSA) is 85.9 Å². The lowest BCUT2D eigenvalue weighted by Gasteiger charge is -2.25. The summed E-state index contributed by atoms with van der Waals surface area (Å²) in [7, 11) is 0. The Hall–Kier alpha value is -3.89. The molecule has 0 bridgehead atoms. The van der Waals surface area contributed by atoms with E-state index in [1.54, 1.807) is 37.1 Å². The number of fused-ring (bicyclic) bond motifs is 2. The van der Waals surface area contributed by atoms with E-state index >= 15 is 0 Å². The first-order chi connectivity index (χ1) is 20.7. The lowest BCUT2D eigenvalue weighted by atomic mass is 9.96. The Morgan fingerprint density at radius 2 is 1.84 bits per heavy atom. The van der Waals surface area contributed by atoms with Gasteiger partial charge in [-0.3, -0.25) is 14.2 Å². The Kier molecular flexibility index (Phi) is 8.15. The Morgan fingerprint density at radius 1 is 1.12 bits per heavy atom. The number of esters is 1. The quantitative estimate of drug-likeness (QED) is 0.226. The van der Waals surface area contributed by atoms with Crippen LogP contribution in [0.25, 0.3) is 17.0 Å². The van der Waals surface area contributed by atoms with E-state index < -0.39 is 12.0 Å². The van der Waals surface area contributed by atoms with Gasteiger partial charge in [0.2, 0.25) is 5.91 Å². The van der Waals surface area contributed by atoms with Gasteiger partial charge in [0.15, 0.2) is 4.80 Å². The number of likely N-dealkylation sites (tertiary alicyclic amines) is 1. The van der Waals surface area contributed by atoms with Gasteiger partial charge in [0.05, 0.1) is 27.9 Å². The maximum Gasteiger partial charge on any atom is 0.338 e. The molecule has 222 valence electrons. The summed E-state index contributed by atoms with van der Waals surface area (Å²) >= 11 is 2.93. The standard InChI is InChI=1S/C33H34N4O4S2/c1-20(2)41-32(40)29-21(3)34-33-37(30(29)22-11-13-24(42-4)14-12-22)31(39)27(43-33)17-23-18-36(26-10-6-5-9-25(23)26)19-28(38)35-15-7-8-16-35/h5-6,9-14,17-18,20,30H,7-8,15-16,19H2,1-4H3/b27-17-/t30-/m1/s1. The summed E-state index contributed by atoms with van der Waals surface area (Å²) in [5.74, 6) is -0.372. The van der Waals surface area contributed by atoms with Crippen molar-refractivity contribution in [2.75, 3.05) is 19.3 Å². The third-order valence-electron chi connectivity index (χ3n) is 7.89. The molecule has 4 aromatic rings. The summed E-state index contributed by atoms with van der Waals surface area (Å²) < 4.78 is 9.71. The average Bonchev–Trinajstić information content (AvgIpc) is 3.72. The molecule has 0 N–H and O–H groups in total. The van der Waals surface area contributed by atoms with Crippen molar-refractivity contribution in [1.82, 2.24) is 14.0 Å². The van der Waals surface area contributed by atoms with Crippen molar-refractivity contribution in [3.8, 4) is 0 Å². The van der Waals surface area contributed by atoms with E-state index in [1.165, 1.54) is 11.3 Å². The molecule has 0 unspecified atom stereocenters. The number of carbonyl (C=O) groups is 2. The minimum absolute atomic E-state index is 0.105. The molecule has 10 heteroatoms. The maximum absolute atomic E-state index is 14.2. The largest absolute Gasteiger partial charge is 0.459 e. The van der Waals surface area contributed by atoms with Crippen molar-refractivity contribution in [2.24, 2.45) is 4.99 Å². The zero-order valence-electron chi connectivity index (χ0n) is 24.7. The first kappa shape index (κ1) is 29.2. The Labute approximate surface area is 258 Å². The number of allylic oxidation sites excluding steroid dienone is 1. The van der Waals surface area contributed by atoms with Crippen molar-refractivity contribution in [3.63, 3.8) is 0 Å². The number of carbonyl (C=O) groups excluding carboxylic acids is 2. The fourth-order valence-corrected chi connectivity index (χ4v) is 7.28. The van der Waals surface area contributed by atoms with Gasteiger partial charge >= 0.3 is 5.97 Å². The highest BCUT2D eigenvalue weighted by Crippen LogP contribution is 2.32. The van der Waals surface area contributed by atoms with Crippen LogP contribution in [-0.2, 0) is 20.9 Å². The number of benzene rings is 2. The Bertz CT molecular complexity index is 1930. The highest BCUT2D eigenvalue weighted by atomic mass is 32.2. The molecule has 43 heavy (non-hydrogen) atoms. The van der Waals surface area contributed by atoms with Crippen molar-refractivity contribution in [3.05, 3.63) is 96.8 Å². The van der Waals surface area contributed by atoms with E-state index in [9.17, 15) is 14.4 Å². The van der Waals surface area contributed by atoms with E-state index in [2.05, 4.69) is 0 Å². The van der Waals surface area contributed by atoms with E-state index in [0.29, 0.717) is 20.6 Å². The molecule has 1 fully saturated rings. The average molecular weight is 615 g/mol. The molecular formula is C33H34N4O4S2. The highest BCUT2D eigenvalue weighted by Gasteiger charge is 2.34. The van der Waals surface area contributed by atoms with Crippen LogP contribution in [0.15, 0.2) is 80.7 Å². The third-order valence-corrected chi connectivity index (χ3v) is 9.61. The number of amides is 1. The number of aromatic nitrogens is 2. The van der Waals surface area contributed by atoms with Crippen LogP contribution >= 0.6 is 23.1 Å². The zero-order chi connectivity index (χ0) is 30.2. The second-order valence-electron chi connectivity index (χ2n) is 11.1. The molecule has 2 aliphatic heterocycles. The summed E-state index contributed by atoms with van der Waals surface area (Å²) in [6.07, 6.45) is 7.61. The minimum Gasteiger partial charge on any atom is -0.459 e. The number of thioether (sulfide) groups is 1. The molecule has 1 saturated heterocycles. The predicted octanol–water partition coefficient (Wildman–Crippen LogP) is 4.49. The number of nitrogens with zero attached hydrogens (tertiary/aromatic N) is 4. The zero-order valence-corrected chi connectivity index (χ0v) is 26.3. The van der Waals surface area contributed by atoms with E-state index in [4.69, 9.17) is 9.73 Å². The molecule has 2 aromatic carbocycles. The molecular weight excluding hydrogens is 581 g/mol. The maximum atomic E-state index is 14.2. The smallest absolute Gasteiger partial charge is 0.338 e. The van der Waals surface area contributed by atoms with Crippen molar-refractivity contribution in [2.45, 2.75) is 57.2 Å².